The van der Waals surface area contributed by atoms with Crippen LogP contribution in [0, 0.1) is 0 Å². The van der Waals surface area contributed by atoms with E-state index in [4.69, 9.17) is 28.3 Å². The maximum atomic E-state index is 12.4. The standard InChI is InChI=1S/C24H21Cl2N3O3/c25-21-11-10-19(14-22(21)26)29-24(32)28-18-7-3-5-16(13-18)20(8-1-2-9-23(30)31)17-6-4-12-27-15-17/h3-8,10-15H,1-2,9H2,(H,30,31)(H2,28,29,32). The quantitative estimate of drug-likeness (QED) is 0.319. The fourth-order valence-electron chi connectivity index (χ4n) is 3.06. The molecule has 1 heterocycles. The summed E-state index contributed by atoms with van der Waals surface area (Å²) in [7, 11) is 0. The van der Waals surface area contributed by atoms with Gasteiger partial charge in [-0.2, -0.15) is 0 Å². The third-order valence-electron chi connectivity index (χ3n) is 4.52. The average molecular weight is 470 g/mol. The molecule has 0 bridgehead atoms. The lowest BCUT2D eigenvalue weighted by atomic mass is 9.97. The topological polar surface area (TPSA) is 91.3 Å². The lowest BCUT2D eigenvalue weighted by Gasteiger charge is -2.12. The van der Waals surface area contributed by atoms with Crippen molar-refractivity contribution in [3.8, 4) is 0 Å². The predicted molar refractivity (Wildman–Crippen MR) is 128 cm³/mol. The number of anilines is 2. The van der Waals surface area contributed by atoms with Crippen molar-refractivity contribution < 1.29 is 14.7 Å². The van der Waals surface area contributed by atoms with Crippen molar-refractivity contribution in [1.82, 2.24) is 4.98 Å². The van der Waals surface area contributed by atoms with Crippen LogP contribution in [0.2, 0.25) is 10.0 Å². The monoisotopic (exact) mass is 469 g/mol. The number of nitrogens with zero attached hydrogens (tertiary/aromatic N) is 1. The summed E-state index contributed by atoms with van der Waals surface area (Å²) >= 11 is 11.9. The highest BCUT2D eigenvalue weighted by Gasteiger charge is 2.09. The number of urea groups is 1. The van der Waals surface area contributed by atoms with Crippen LogP contribution >= 0.6 is 23.2 Å². The Balaban J connectivity index is 1.77. The van der Waals surface area contributed by atoms with Gasteiger partial charge in [0.15, 0.2) is 0 Å². The Morgan fingerprint density at radius 1 is 0.938 bits per heavy atom. The van der Waals surface area contributed by atoms with E-state index in [2.05, 4.69) is 15.6 Å². The number of hydrogen-bond donors (Lipinski definition) is 3. The van der Waals surface area contributed by atoms with Crippen molar-refractivity contribution >= 4 is 52.2 Å². The van der Waals surface area contributed by atoms with Gasteiger partial charge in [-0.3, -0.25) is 9.78 Å². The maximum Gasteiger partial charge on any atom is 0.323 e. The number of amides is 2. The minimum atomic E-state index is -0.819. The first kappa shape index (κ1) is 23.3. The van der Waals surface area contributed by atoms with Gasteiger partial charge in [0.05, 0.1) is 10.0 Å². The molecule has 0 saturated heterocycles. The number of hydrogen-bond acceptors (Lipinski definition) is 3. The fraction of sp³-hybridized carbons (Fsp3) is 0.125. The van der Waals surface area contributed by atoms with Crippen LogP contribution in [0.25, 0.3) is 5.57 Å². The Hall–Kier alpha value is -3.35. The molecule has 2 aromatic carbocycles. The van der Waals surface area contributed by atoms with Crippen molar-refractivity contribution in [1.29, 1.82) is 0 Å². The van der Waals surface area contributed by atoms with Crippen molar-refractivity contribution in [2.75, 3.05) is 10.6 Å². The number of carboxylic acids is 1. The van der Waals surface area contributed by atoms with Gasteiger partial charge in [-0.25, -0.2) is 4.79 Å². The van der Waals surface area contributed by atoms with Crippen LogP contribution in [0.5, 0.6) is 0 Å². The molecule has 0 aliphatic carbocycles. The fourth-order valence-corrected chi connectivity index (χ4v) is 3.35. The molecule has 0 aliphatic rings. The molecule has 0 saturated carbocycles. The Bertz CT molecular complexity index is 1130. The van der Waals surface area contributed by atoms with E-state index in [-0.39, 0.29) is 6.42 Å². The average Bonchev–Trinajstić information content (AvgIpc) is 2.77. The molecule has 3 rings (SSSR count). The highest BCUT2D eigenvalue weighted by atomic mass is 35.5. The summed E-state index contributed by atoms with van der Waals surface area (Å²) < 4.78 is 0. The van der Waals surface area contributed by atoms with Crippen LogP contribution in [0.3, 0.4) is 0 Å². The molecular formula is C24H21Cl2N3O3. The van der Waals surface area contributed by atoms with Crippen molar-refractivity contribution in [2.24, 2.45) is 0 Å². The van der Waals surface area contributed by atoms with E-state index in [1.807, 2.05) is 36.4 Å². The van der Waals surface area contributed by atoms with E-state index >= 15 is 0 Å². The molecule has 0 unspecified atom stereocenters. The zero-order chi connectivity index (χ0) is 22.9. The van der Waals surface area contributed by atoms with E-state index in [0.29, 0.717) is 34.3 Å². The van der Waals surface area contributed by atoms with Crippen LogP contribution in [0.4, 0.5) is 16.2 Å². The Morgan fingerprint density at radius 3 is 2.38 bits per heavy atom. The number of aliphatic carboxylic acids is 1. The van der Waals surface area contributed by atoms with Gasteiger partial charge in [0.1, 0.15) is 0 Å². The van der Waals surface area contributed by atoms with E-state index in [9.17, 15) is 9.59 Å². The zero-order valence-corrected chi connectivity index (χ0v) is 18.5. The SMILES string of the molecule is O=C(O)CCCC=C(c1cccnc1)c1cccc(NC(=O)Nc2ccc(Cl)c(Cl)c2)c1. The van der Waals surface area contributed by atoms with Gasteiger partial charge < -0.3 is 15.7 Å². The summed E-state index contributed by atoms with van der Waals surface area (Å²) in [5.74, 6) is -0.819. The number of allylic oxidation sites excluding steroid dienone is 1. The first-order chi connectivity index (χ1) is 15.4. The molecule has 0 aliphatic heterocycles. The molecule has 3 N–H and O–H groups in total. The third-order valence-corrected chi connectivity index (χ3v) is 5.26. The van der Waals surface area contributed by atoms with E-state index in [0.717, 1.165) is 16.7 Å². The van der Waals surface area contributed by atoms with Gasteiger partial charge in [0, 0.05) is 35.8 Å². The number of rotatable bonds is 8. The van der Waals surface area contributed by atoms with E-state index in [1.54, 1.807) is 36.7 Å². The number of nitrogens with one attached hydrogen (secondary N) is 2. The second kappa shape index (κ2) is 11.3. The van der Waals surface area contributed by atoms with E-state index < -0.39 is 12.0 Å². The summed E-state index contributed by atoms with van der Waals surface area (Å²) in [5.41, 5.74) is 3.81. The molecular weight excluding hydrogens is 449 g/mol. The minimum absolute atomic E-state index is 0.104. The molecule has 1 aromatic heterocycles. The minimum Gasteiger partial charge on any atom is -0.481 e. The molecule has 164 valence electrons. The van der Waals surface area contributed by atoms with Crippen molar-refractivity contribution in [3.05, 3.63) is 94.2 Å². The van der Waals surface area contributed by atoms with Crippen LogP contribution in [-0.2, 0) is 4.79 Å². The van der Waals surface area contributed by atoms with E-state index in [1.165, 1.54) is 0 Å². The van der Waals surface area contributed by atoms with Crippen LogP contribution in [-0.4, -0.2) is 22.1 Å². The normalized spacial score (nSPS) is 11.1. The Labute approximate surface area is 195 Å². The molecule has 6 nitrogen and oxygen atoms in total. The number of carboxylic acid groups (broad SMARTS) is 1. The molecule has 2 amide bonds. The molecule has 8 heteroatoms. The number of aromatic nitrogens is 1. The van der Waals surface area contributed by atoms with Gasteiger partial charge in [-0.05, 0) is 60.4 Å². The van der Waals surface area contributed by atoms with Crippen molar-refractivity contribution in [2.45, 2.75) is 19.3 Å². The number of unbranched alkanes of at least 4 members (excludes halogenated alkanes) is 1. The molecule has 3 aromatic rings. The number of pyridine rings is 1. The first-order valence-corrected chi connectivity index (χ1v) is 10.6. The molecule has 0 spiro atoms. The molecule has 0 fully saturated rings. The largest absolute Gasteiger partial charge is 0.481 e. The zero-order valence-electron chi connectivity index (χ0n) is 17.0. The second-order valence-corrected chi connectivity index (χ2v) is 7.75. The number of halogens is 2. The lowest BCUT2D eigenvalue weighted by molar-refractivity contribution is -0.137. The molecule has 32 heavy (non-hydrogen) atoms. The summed E-state index contributed by atoms with van der Waals surface area (Å²) in [6.45, 7) is 0. The summed E-state index contributed by atoms with van der Waals surface area (Å²) in [6, 6.07) is 15.6. The van der Waals surface area contributed by atoms with Gasteiger partial charge in [0.25, 0.3) is 0 Å². The summed E-state index contributed by atoms with van der Waals surface area (Å²) in [5, 5.41) is 15.2. The number of carbonyl (C=O) groups excluding carboxylic acids is 1. The first-order valence-electron chi connectivity index (χ1n) is 9.88. The van der Waals surface area contributed by atoms with Gasteiger partial charge in [-0.15, -0.1) is 0 Å². The highest BCUT2D eigenvalue weighted by molar-refractivity contribution is 6.42. The molecule has 0 atom stereocenters. The van der Waals surface area contributed by atoms with Crippen LogP contribution < -0.4 is 10.6 Å². The third kappa shape index (κ3) is 6.83. The number of benzene rings is 2. The summed E-state index contributed by atoms with van der Waals surface area (Å²) in [4.78, 5) is 27.4. The predicted octanol–water partition coefficient (Wildman–Crippen LogP) is 6.72. The Kier molecular flexibility index (Phi) is 8.25. The number of carbonyl (C=O) groups is 2. The Morgan fingerprint density at radius 2 is 1.69 bits per heavy atom. The van der Waals surface area contributed by atoms with Crippen LogP contribution in [0.15, 0.2) is 73.1 Å². The van der Waals surface area contributed by atoms with Crippen molar-refractivity contribution in [3.63, 3.8) is 0 Å². The smallest absolute Gasteiger partial charge is 0.323 e. The highest BCUT2D eigenvalue weighted by Crippen LogP contribution is 2.27. The van der Waals surface area contributed by atoms with Gasteiger partial charge in [0.2, 0.25) is 0 Å². The van der Waals surface area contributed by atoms with Crippen LogP contribution in [0.1, 0.15) is 30.4 Å². The second-order valence-electron chi connectivity index (χ2n) is 6.93. The van der Waals surface area contributed by atoms with Gasteiger partial charge >= 0.3 is 12.0 Å². The molecule has 0 radical (unpaired) electrons. The summed E-state index contributed by atoms with van der Waals surface area (Å²) in [6.07, 6.45) is 6.67. The maximum absolute atomic E-state index is 12.4. The van der Waals surface area contributed by atoms with Gasteiger partial charge in [-0.1, -0.05) is 47.5 Å². The lowest BCUT2D eigenvalue weighted by Crippen LogP contribution is -2.19.